The van der Waals surface area contributed by atoms with Crippen LogP contribution in [0.1, 0.15) is 11.1 Å². The molecule has 5 N–H and O–H groups in total. The van der Waals surface area contributed by atoms with Crippen molar-refractivity contribution < 1.29 is 35.7 Å². The minimum atomic E-state index is -0.310. The zero-order valence-electron chi connectivity index (χ0n) is 15.9. The summed E-state index contributed by atoms with van der Waals surface area (Å²) in [6.45, 7) is 1.94. The number of nitrogens with zero attached hydrogens (tertiary/aromatic N) is 1. The largest absolute Gasteiger partial charge is 0.489 e. The minimum Gasteiger partial charge on any atom is -0.489 e. The molecular formula is C20H26N4O3W. The minimum absolute atomic E-state index is 0. The van der Waals surface area contributed by atoms with Crippen molar-refractivity contribution in [2.24, 2.45) is 4.99 Å². The van der Waals surface area contributed by atoms with Gasteiger partial charge in [-0.15, -0.1) is 0 Å². The van der Waals surface area contributed by atoms with Crippen LogP contribution in [0.2, 0.25) is 0 Å². The predicted molar refractivity (Wildman–Crippen MR) is 107 cm³/mol. The van der Waals surface area contributed by atoms with E-state index in [1.54, 1.807) is 25.2 Å². The summed E-state index contributed by atoms with van der Waals surface area (Å²) in [5.74, 6) is 0.303. The second-order valence-electron chi connectivity index (χ2n) is 5.83. The number of hydrogen-bond acceptors (Lipinski definition) is 6. The quantitative estimate of drug-likeness (QED) is 0.199. The first kappa shape index (κ1) is 23.8. The standard InChI is InChI=1S/C20H26N4O3.W/c1-22-19(20(26)24-10-9-23-11-12-25)17-13-16(7-8-18(17)21)27-14-15-5-3-2-4-6-15;/h2-8,13,23,25H,9-12,14,21H2,1H3,(H,24,26);. The van der Waals surface area contributed by atoms with Gasteiger partial charge in [0.15, 0.2) is 0 Å². The smallest absolute Gasteiger partial charge is 0.270 e. The Balaban J connectivity index is 0.00000392. The molecule has 0 saturated carbocycles. The van der Waals surface area contributed by atoms with Crippen LogP contribution in [0.3, 0.4) is 0 Å². The summed E-state index contributed by atoms with van der Waals surface area (Å²) in [5, 5.41) is 14.5. The van der Waals surface area contributed by atoms with Gasteiger partial charge in [0.2, 0.25) is 0 Å². The van der Waals surface area contributed by atoms with Gasteiger partial charge in [-0.3, -0.25) is 9.79 Å². The summed E-state index contributed by atoms with van der Waals surface area (Å²) >= 11 is 0. The first-order valence-corrected chi connectivity index (χ1v) is 8.79. The fraction of sp³-hybridized carbons (Fsp3) is 0.300. The molecule has 0 fully saturated rings. The van der Waals surface area contributed by atoms with Crippen LogP contribution in [0.4, 0.5) is 5.69 Å². The number of nitrogens with one attached hydrogen (secondary N) is 2. The summed E-state index contributed by atoms with van der Waals surface area (Å²) < 4.78 is 5.81. The molecule has 2 aromatic carbocycles. The molecule has 0 atom stereocenters. The van der Waals surface area contributed by atoms with Gasteiger partial charge >= 0.3 is 0 Å². The zero-order chi connectivity index (χ0) is 19.5. The Morgan fingerprint density at radius 3 is 2.57 bits per heavy atom. The summed E-state index contributed by atoms with van der Waals surface area (Å²) in [5.41, 5.74) is 8.33. The molecule has 28 heavy (non-hydrogen) atoms. The topological polar surface area (TPSA) is 109 Å². The molecular weight excluding hydrogens is 528 g/mol. The van der Waals surface area contributed by atoms with Gasteiger partial charge in [-0.2, -0.15) is 0 Å². The number of nitrogens with two attached hydrogens (primary N) is 1. The van der Waals surface area contributed by atoms with Gasteiger partial charge < -0.3 is 26.2 Å². The Kier molecular flexibility index (Phi) is 11.1. The fourth-order valence-electron chi connectivity index (χ4n) is 2.47. The molecule has 0 aliphatic carbocycles. The first-order valence-electron chi connectivity index (χ1n) is 8.79. The molecule has 0 heterocycles. The van der Waals surface area contributed by atoms with Crippen molar-refractivity contribution in [2.45, 2.75) is 6.61 Å². The van der Waals surface area contributed by atoms with E-state index in [9.17, 15) is 4.79 Å². The first-order chi connectivity index (χ1) is 13.2. The van der Waals surface area contributed by atoms with Crippen molar-refractivity contribution in [2.75, 3.05) is 39.0 Å². The zero-order valence-corrected chi connectivity index (χ0v) is 18.8. The number of aliphatic hydroxyl groups is 1. The molecule has 0 aliphatic heterocycles. The second-order valence-corrected chi connectivity index (χ2v) is 5.83. The van der Waals surface area contributed by atoms with E-state index in [1.165, 1.54) is 0 Å². The van der Waals surface area contributed by atoms with Crippen LogP contribution in [-0.4, -0.2) is 50.0 Å². The maximum absolute atomic E-state index is 12.4. The molecule has 0 radical (unpaired) electrons. The van der Waals surface area contributed by atoms with Gasteiger partial charge in [-0.05, 0) is 23.8 Å². The van der Waals surface area contributed by atoms with Gasteiger partial charge in [0.05, 0.1) is 6.61 Å². The van der Waals surface area contributed by atoms with Gasteiger partial charge in [-0.25, -0.2) is 0 Å². The number of anilines is 1. The van der Waals surface area contributed by atoms with Gasteiger partial charge in [0.25, 0.3) is 5.91 Å². The van der Waals surface area contributed by atoms with E-state index in [4.69, 9.17) is 15.6 Å². The molecule has 0 saturated heterocycles. The monoisotopic (exact) mass is 554 g/mol. The number of amides is 1. The normalized spacial score (nSPS) is 10.9. The summed E-state index contributed by atoms with van der Waals surface area (Å²) in [6.07, 6.45) is 0. The van der Waals surface area contributed by atoms with E-state index in [1.807, 2.05) is 30.3 Å². The number of aliphatic hydroxyl groups excluding tert-OH is 1. The van der Waals surface area contributed by atoms with Crippen molar-refractivity contribution in [3.05, 3.63) is 59.7 Å². The summed E-state index contributed by atoms with van der Waals surface area (Å²) in [4.78, 5) is 16.5. The Bertz CT molecular complexity index is 769. The van der Waals surface area contributed by atoms with Crippen LogP contribution < -0.4 is 21.1 Å². The number of nitrogen functional groups attached to an aromatic ring is 1. The molecule has 0 bridgehead atoms. The number of ether oxygens (including phenoxy) is 1. The summed E-state index contributed by atoms with van der Waals surface area (Å²) in [7, 11) is 1.55. The molecule has 2 rings (SSSR count). The number of aliphatic imine (C=N–C) groups is 1. The third-order valence-electron chi connectivity index (χ3n) is 3.84. The number of carbonyl (C=O) groups excluding carboxylic acids is 1. The number of benzene rings is 2. The van der Waals surface area contributed by atoms with Crippen LogP contribution >= 0.6 is 0 Å². The Morgan fingerprint density at radius 2 is 1.89 bits per heavy atom. The Morgan fingerprint density at radius 1 is 1.14 bits per heavy atom. The summed E-state index contributed by atoms with van der Waals surface area (Å²) in [6, 6.07) is 15.0. The molecule has 150 valence electrons. The van der Waals surface area contributed by atoms with Crippen molar-refractivity contribution in [3.63, 3.8) is 0 Å². The van der Waals surface area contributed by atoms with Gasteiger partial charge in [0, 0.05) is 59.0 Å². The van der Waals surface area contributed by atoms with Crippen LogP contribution in [0, 0.1) is 0 Å². The van der Waals surface area contributed by atoms with E-state index in [0.29, 0.717) is 43.2 Å². The van der Waals surface area contributed by atoms with Crippen LogP contribution in [0.15, 0.2) is 53.5 Å². The van der Waals surface area contributed by atoms with E-state index < -0.39 is 0 Å². The molecule has 0 unspecified atom stereocenters. The third kappa shape index (κ3) is 7.43. The van der Waals surface area contributed by atoms with Crippen LogP contribution in [0.25, 0.3) is 0 Å². The van der Waals surface area contributed by atoms with E-state index in [2.05, 4.69) is 15.6 Å². The molecule has 0 spiro atoms. The Hall–Kier alpha value is -2.21. The molecule has 7 nitrogen and oxygen atoms in total. The van der Waals surface area contributed by atoms with Crippen molar-refractivity contribution in [1.29, 1.82) is 0 Å². The van der Waals surface area contributed by atoms with Gasteiger partial charge in [-0.1, -0.05) is 30.3 Å². The number of hydrogen-bond donors (Lipinski definition) is 4. The predicted octanol–water partition coefficient (Wildman–Crippen LogP) is 0.962. The molecule has 8 heteroatoms. The number of carbonyl (C=O) groups is 1. The second kappa shape index (κ2) is 13.0. The van der Waals surface area contributed by atoms with Crippen molar-refractivity contribution in [3.8, 4) is 5.75 Å². The molecule has 1 amide bonds. The van der Waals surface area contributed by atoms with Crippen LogP contribution in [0.5, 0.6) is 5.75 Å². The van der Waals surface area contributed by atoms with E-state index in [-0.39, 0.29) is 39.3 Å². The number of rotatable bonds is 10. The van der Waals surface area contributed by atoms with Crippen molar-refractivity contribution in [1.82, 2.24) is 10.6 Å². The average Bonchev–Trinajstić information content (AvgIpc) is 2.69. The van der Waals surface area contributed by atoms with E-state index in [0.717, 1.165) is 5.56 Å². The van der Waals surface area contributed by atoms with Crippen LogP contribution in [-0.2, 0) is 32.5 Å². The molecule has 2 aromatic rings. The SMILES string of the molecule is CN=C(C(=O)NCCNCCO)c1cc(OCc2ccccc2)ccc1N.[W]. The van der Waals surface area contributed by atoms with Gasteiger partial charge in [0.1, 0.15) is 18.1 Å². The maximum atomic E-state index is 12.4. The van der Waals surface area contributed by atoms with Crippen molar-refractivity contribution >= 4 is 17.3 Å². The molecule has 0 aliphatic rings. The maximum Gasteiger partial charge on any atom is 0.270 e. The fourth-order valence-corrected chi connectivity index (χ4v) is 2.47. The van der Waals surface area contributed by atoms with E-state index >= 15 is 0 Å². The Labute approximate surface area is 179 Å². The third-order valence-corrected chi connectivity index (χ3v) is 3.84. The molecule has 0 aromatic heterocycles. The average molecular weight is 554 g/mol.